The third kappa shape index (κ3) is 1.98. The van der Waals surface area contributed by atoms with E-state index >= 15 is 0 Å². The fraction of sp³-hybridized carbons (Fsp3) is 0.125. The van der Waals surface area contributed by atoms with Crippen LogP contribution in [0.5, 0.6) is 0 Å². The molecule has 0 radical (unpaired) electrons. The third-order valence-corrected chi connectivity index (χ3v) is 2.21. The average molecular weight is 167 g/mol. The molecule has 0 aromatic carbocycles. The average Bonchev–Trinajstić information content (AvgIpc) is 2.05. The van der Waals surface area contributed by atoms with Crippen molar-refractivity contribution in [2.75, 3.05) is 6.26 Å². The van der Waals surface area contributed by atoms with Gasteiger partial charge in [-0.2, -0.15) is 0 Å². The van der Waals surface area contributed by atoms with Gasteiger partial charge in [-0.1, -0.05) is 6.58 Å². The summed E-state index contributed by atoms with van der Waals surface area (Å²) in [7, 11) is -0.936. The van der Waals surface area contributed by atoms with Crippen LogP contribution in [0.1, 0.15) is 5.69 Å². The molecule has 0 spiro atoms. The second-order valence-electron chi connectivity index (χ2n) is 2.08. The van der Waals surface area contributed by atoms with Gasteiger partial charge in [-0.15, -0.1) is 0 Å². The molecular weight excluding hydrogens is 158 g/mol. The summed E-state index contributed by atoms with van der Waals surface area (Å²) in [5.74, 6) is 0. The van der Waals surface area contributed by atoms with E-state index in [2.05, 4.69) is 11.6 Å². The molecule has 0 fully saturated rings. The summed E-state index contributed by atoms with van der Waals surface area (Å²) in [6, 6.07) is 3.59. The van der Waals surface area contributed by atoms with Gasteiger partial charge in [0.05, 0.1) is 21.4 Å². The van der Waals surface area contributed by atoms with Crippen LogP contribution in [0.3, 0.4) is 0 Å². The maximum atomic E-state index is 10.9. The van der Waals surface area contributed by atoms with Gasteiger partial charge in [0, 0.05) is 12.5 Å². The van der Waals surface area contributed by atoms with Crippen LogP contribution in [0.2, 0.25) is 0 Å². The van der Waals surface area contributed by atoms with Crippen molar-refractivity contribution >= 4 is 16.9 Å². The largest absolute Gasteiger partial charge is 0.256 e. The molecule has 58 valence electrons. The van der Waals surface area contributed by atoms with Crippen LogP contribution in [0.15, 0.2) is 29.8 Å². The zero-order valence-corrected chi connectivity index (χ0v) is 7.10. The Morgan fingerprint density at radius 3 is 2.73 bits per heavy atom. The lowest BCUT2D eigenvalue weighted by Gasteiger charge is -1.94. The highest BCUT2D eigenvalue weighted by Gasteiger charge is 1.95. The monoisotopic (exact) mass is 167 g/mol. The fourth-order valence-electron chi connectivity index (χ4n) is 0.683. The van der Waals surface area contributed by atoms with E-state index in [1.807, 2.05) is 0 Å². The third-order valence-electron chi connectivity index (χ3n) is 1.30. The molecule has 0 N–H and O–H groups in total. The molecule has 0 amide bonds. The van der Waals surface area contributed by atoms with Gasteiger partial charge >= 0.3 is 0 Å². The van der Waals surface area contributed by atoms with Gasteiger partial charge in [-0.3, -0.25) is 9.19 Å². The first-order valence-corrected chi connectivity index (χ1v) is 4.72. The lowest BCUT2D eigenvalue weighted by molar-refractivity contribution is 0.686. The Morgan fingerprint density at radius 1 is 1.64 bits per heavy atom. The van der Waals surface area contributed by atoms with Gasteiger partial charge in [0.1, 0.15) is 0 Å². The quantitative estimate of drug-likeness (QED) is 0.667. The van der Waals surface area contributed by atoms with Gasteiger partial charge in [0.2, 0.25) is 0 Å². The molecule has 2 nitrogen and oxygen atoms in total. The second kappa shape index (κ2) is 3.44. The van der Waals surface area contributed by atoms with E-state index in [4.69, 9.17) is 0 Å². The smallest absolute Gasteiger partial charge is 0.0624 e. The molecule has 0 aliphatic carbocycles. The molecule has 0 saturated carbocycles. The highest BCUT2D eigenvalue weighted by Crippen LogP contribution is 2.04. The van der Waals surface area contributed by atoms with Crippen LogP contribution in [0.4, 0.5) is 0 Å². The van der Waals surface area contributed by atoms with E-state index in [0.717, 1.165) is 10.6 Å². The summed E-state index contributed by atoms with van der Waals surface area (Å²) in [5.41, 5.74) is 0.805. The van der Waals surface area contributed by atoms with Gasteiger partial charge < -0.3 is 0 Å². The summed E-state index contributed by atoms with van der Waals surface area (Å²) in [4.78, 5) is 4.75. The van der Waals surface area contributed by atoms with Crippen molar-refractivity contribution in [3.05, 3.63) is 30.6 Å². The summed E-state index contributed by atoms with van der Waals surface area (Å²) in [5, 5.41) is 0. The van der Waals surface area contributed by atoms with Crippen LogP contribution in [0.25, 0.3) is 6.08 Å². The Bertz CT molecular complexity index is 279. The Morgan fingerprint density at radius 2 is 2.36 bits per heavy atom. The Hall–Kier alpha value is -0.960. The van der Waals surface area contributed by atoms with E-state index in [1.165, 1.54) is 0 Å². The molecule has 0 aliphatic rings. The highest BCUT2D eigenvalue weighted by molar-refractivity contribution is 7.84. The molecular formula is C8H9NOS. The lowest BCUT2D eigenvalue weighted by Crippen LogP contribution is -1.88. The Balaban J connectivity index is 3.00. The maximum Gasteiger partial charge on any atom is 0.0624 e. The Kier molecular flexibility index (Phi) is 2.54. The minimum Gasteiger partial charge on any atom is -0.256 e. The number of hydrogen-bond acceptors (Lipinski definition) is 2. The molecule has 0 saturated heterocycles. The van der Waals surface area contributed by atoms with E-state index in [0.29, 0.717) is 0 Å². The number of aromatic nitrogens is 1. The van der Waals surface area contributed by atoms with Gasteiger partial charge in [-0.05, 0) is 18.2 Å². The summed E-state index contributed by atoms with van der Waals surface area (Å²) in [6.45, 7) is 3.57. The van der Waals surface area contributed by atoms with Crippen LogP contribution in [-0.4, -0.2) is 15.4 Å². The van der Waals surface area contributed by atoms with Gasteiger partial charge in [0.15, 0.2) is 0 Å². The summed E-state index contributed by atoms with van der Waals surface area (Å²) in [6.07, 6.45) is 4.89. The number of pyridine rings is 1. The molecule has 11 heavy (non-hydrogen) atoms. The highest BCUT2D eigenvalue weighted by atomic mass is 32.2. The van der Waals surface area contributed by atoms with E-state index in [-0.39, 0.29) is 0 Å². The van der Waals surface area contributed by atoms with Crippen LogP contribution in [-0.2, 0) is 10.8 Å². The molecule has 1 aromatic heterocycles. The number of rotatable bonds is 2. The molecule has 3 heteroatoms. The zero-order valence-electron chi connectivity index (χ0n) is 6.28. The van der Waals surface area contributed by atoms with Crippen molar-refractivity contribution in [1.29, 1.82) is 0 Å². The molecule has 0 aliphatic heterocycles. The van der Waals surface area contributed by atoms with Gasteiger partial charge in [0.25, 0.3) is 0 Å². The van der Waals surface area contributed by atoms with Crippen LogP contribution >= 0.6 is 0 Å². The van der Waals surface area contributed by atoms with E-state index < -0.39 is 10.8 Å². The van der Waals surface area contributed by atoms with Crippen LogP contribution < -0.4 is 0 Å². The van der Waals surface area contributed by atoms with Gasteiger partial charge in [-0.25, -0.2) is 0 Å². The first-order chi connectivity index (χ1) is 5.24. The van der Waals surface area contributed by atoms with Crippen molar-refractivity contribution in [3.8, 4) is 0 Å². The summed E-state index contributed by atoms with van der Waals surface area (Å²) < 4.78 is 10.9. The minimum absolute atomic E-state index is 0.746. The van der Waals surface area contributed by atoms with Crippen molar-refractivity contribution in [2.24, 2.45) is 0 Å². The van der Waals surface area contributed by atoms with Crippen LogP contribution in [0, 0.1) is 0 Å². The normalized spacial score (nSPS) is 12.5. The molecule has 1 atom stereocenters. The van der Waals surface area contributed by atoms with Crippen molar-refractivity contribution < 1.29 is 4.21 Å². The van der Waals surface area contributed by atoms with E-state index in [1.54, 1.807) is 30.7 Å². The number of hydrogen-bond donors (Lipinski definition) is 0. The standard InChI is InChI=1S/C8H9NOS/c1-3-7-4-5-8(6-9-7)11(2)10/h3-6H,1H2,2H3. The second-order valence-corrected chi connectivity index (χ2v) is 3.46. The first kappa shape index (κ1) is 8.14. The molecule has 1 aromatic rings. The molecule has 1 rings (SSSR count). The molecule has 1 heterocycles. The minimum atomic E-state index is -0.936. The molecule has 1 unspecified atom stereocenters. The summed E-state index contributed by atoms with van der Waals surface area (Å²) >= 11 is 0. The van der Waals surface area contributed by atoms with Crippen molar-refractivity contribution in [2.45, 2.75) is 4.90 Å². The fourth-order valence-corrected chi connectivity index (χ4v) is 1.14. The SMILES string of the molecule is C=Cc1ccc(S(C)=O)cn1. The predicted octanol–water partition coefficient (Wildman–Crippen LogP) is 1.46. The predicted molar refractivity (Wildman–Crippen MR) is 46.7 cm³/mol. The number of nitrogens with zero attached hydrogens (tertiary/aromatic N) is 1. The maximum absolute atomic E-state index is 10.9. The Labute approximate surface area is 68.4 Å². The zero-order chi connectivity index (χ0) is 8.27. The first-order valence-electron chi connectivity index (χ1n) is 3.16. The molecule has 0 bridgehead atoms. The topological polar surface area (TPSA) is 30.0 Å². The van der Waals surface area contributed by atoms with E-state index in [9.17, 15) is 4.21 Å². The lowest BCUT2D eigenvalue weighted by atomic mass is 10.3. The van der Waals surface area contributed by atoms with Crippen molar-refractivity contribution in [3.63, 3.8) is 0 Å². The van der Waals surface area contributed by atoms with Crippen molar-refractivity contribution in [1.82, 2.24) is 4.98 Å².